The molecule has 5 heteroatoms. The van der Waals surface area contributed by atoms with Gasteiger partial charge in [0.25, 0.3) is 5.91 Å². The molecule has 0 bridgehead atoms. The summed E-state index contributed by atoms with van der Waals surface area (Å²) in [6, 6.07) is 1.61. The van der Waals surface area contributed by atoms with Crippen LogP contribution >= 0.6 is 11.3 Å². The van der Waals surface area contributed by atoms with Gasteiger partial charge in [-0.15, -0.1) is 0 Å². The van der Waals surface area contributed by atoms with Crippen LogP contribution in [0.25, 0.3) is 0 Å². The van der Waals surface area contributed by atoms with Crippen molar-refractivity contribution in [3.63, 3.8) is 0 Å². The highest BCUT2D eigenvalue weighted by Gasteiger charge is 2.37. The van der Waals surface area contributed by atoms with Crippen molar-refractivity contribution in [1.29, 1.82) is 0 Å². The van der Waals surface area contributed by atoms with Gasteiger partial charge in [-0.2, -0.15) is 11.3 Å². The number of nitrogens with zero attached hydrogens (tertiary/aromatic N) is 2. The van der Waals surface area contributed by atoms with Gasteiger partial charge >= 0.3 is 0 Å². The van der Waals surface area contributed by atoms with Crippen LogP contribution < -0.4 is 0 Å². The minimum absolute atomic E-state index is 0.104. The Morgan fingerprint density at radius 3 is 3.00 bits per heavy atom. The molecule has 1 aromatic heterocycles. The second kappa shape index (κ2) is 4.49. The van der Waals surface area contributed by atoms with Crippen LogP contribution in [0, 0.1) is 0 Å². The Hall–Kier alpha value is -1.36. The third-order valence-electron chi connectivity index (χ3n) is 3.26. The van der Waals surface area contributed by atoms with Crippen molar-refractivity contribution in [3.8, 4) is 0 Å². The Bertz CT molecular complexity index is 424. The van der Waals surface area contributed by atoms with E-state index in [4.69, 9.17) is 4.74 Å². The van der Waals surface area contributed by atoms with Gasteiger partial charge in [0.2, 0.25) is 0 Å². The van der Waals surface area contributed by atoms with Crippen molar-refractivity contribution < 1.29 is 9.53 Å². The van der Waals surface area contributed by atoms with Crippen LogP contribution in [0.4, 0.5) is 0 Å². The zero-order chi connectivity index (χ0) is 11.7. The van der Waals surface area contributed by atoms with Gasteiger partial charge in [0.05, 0.1) is 0 Å². The van der Waals surface area contributed by atoms with Crippen molar-refractivity contribution in [2.75, 3.05) is 13.1 Å². The van der Waals surface area contributed by atoms with E-state index in [9.17, 15) is 4.79 Å². The summed E-state index contributed by atoms with van der Waals surface area (Å²) in [6.07, 6.45) is 3.40. The Morgan fingerprint density at radius 2 is 2.29 bits per heavy atom. The van der Waals surface area contributed by atoms with Crippen LogP contribution in [0.15, 0.2) is 21.8 Å². The number of carbonyl (C=O) groups excluding carboxylic acids is 1. The summed E-state index contributed by atoms with van der Waals surface area (Å²) in [6.45, 7) is 1.72. The fourth-order valence-electron chi connectivity index (χ4n) is 2.33. The highest BCUT2D eigenvalue weighted by molar-refractivity contribution is 7.07. The highest BCUT2D eigenvalue weighted by Crippen LogP contribution is 2.30. The monoisotopic (exact) mass is 250 g/mol. The SMILES string of the molecule is O=C([C@H]1N=COC1c1ccsc1)N1CCCC1. The fourth-order valence-corrected chi connectivity index (χ4v) is 3.02. The number of likely N-dealkylation sites (tertiary alicyclic amines) is 1. The molecule has 2 aliphatic heterocycles. The molecule has 0 spiro atoms. The van der Waals surface area contributed by atoms with Gasteiger partial charge in [-0.25, -0.2) is 4.99 Å². The molecule has 3 rings (SSSR count). The van der Waals surface area contributed by atoms with E-state index in [-0.39, 0.29) is 18.1 Å². The van der Waals surface area contributed by atoms with E-state index in [1.807, 2.05) is 21.7 Å². The first kappa shape index (κ1) is 10.8. The number of thiophene rings is 1. The molecule has 90 valence electrons. The van der Waals surface area contributed by atoms with E-state index in [0.29, 0.717) is 0 Å². The maximum atomic E-state index is 12.3. The van der Waals surface area contributed by atoms with Gasteiger partial charge in [0.15, 0.2) is 18.5 Å². The van der Waals surface area contributed by atoms with Crippen molar-refractivity contribution in [2.24, 2.45) is 4.99 Å². The first-order chi connectivity index (χ1) is 8.36. The highest BCUT2D eigenvalue weighted by atomic mass is 32.1. The largest absolute Gasteiger partial charge is 0.473 e. The summed E-state index contributed by atoms with van der Waals surface area (Å²) in [4.78, 5) is 18.4. The number of ether oxygens (including phenoxy) is 1. The molecule has 4 nitrogen and oxygen atoms in total. The normalized spacial score (nSPS) is 27.4. The molecule has 1 aromatic rings. The van der Waals surface area contributed by atoms with Gasteiger partial charge in [0, 0.05) is 18.7 Å². The fraction of sp³-hybridized carbons (Fsp3) is 0.500. The third kappa shape index (κ3) is 1.95. The van der Waals surface area contributed by atoms with Crippen LogP contribution in [0.2, 0.25) is 0 Å². The smallest absolute Gasteiger partial charge is 0.251 e. The van der Waals surface area contributed by atoms with E-state index in [1.54, 1.807) is 11.3 Å². The Labute approximate surface area is 104 Å². The molecule has 3 heterocycles. The van der Waals surface area contributed by atoms with E-state index >= 15 is 0 Å². The Morgan fingerprint density at radius 1 is 1.47 bits per heavy atom. The van der Waals surface area contributed by atoms with Gasteiger partial charge in [-0.3, -0.25) is 4.79 Å². The van der Waals surface area contributed by atoms with E-state index in [0.717, 1.165) is 31.5 Å². The zero-order valence-electron chi connectivity index (χ0n) is 9.41. The predicted octanol–water partition coefficient (Wildman–Crippen LogP) is 1.84. The number of hydrogen-bond donors (Lipinski definition) is 0. The molecule has 0 aromatic carbocycles. The number of rotatable bonds is 2. The molecule has 2 atom stereocenters. The van der Waals surface area contributed by atoms with Crippen LogP contribution in [0.5, 0.6) is 0 Å². The van der Waals surface area contributed by atoms with Crippen LogP contribution in [0.1, 0.15) is 24.5 Å². The lowest BCUT2D eigenvalue weighted by atomic mass is 10.1. The number of carbonyl (C=O) groups is 1. The lowest BCUT2D eigenvalue weighted by molar-refractivity contribution is -0.133. The first-order valence-electron chi connectivity index (χ1n) is 5.84. The summed E-state index contributed by atoms with van der Waals surface area (Å²) in [7, 11) is 0. The summed E-state index contributed by atoms with van der Waals surface area (Å²) >= 11 is 1.61. The molecule has 17 heavy (non-hydrogen) atoms. The van der Waals surface area contributed by atoms with Gasteiger partial charge in [-0.1, -0.05) is 0 Å². The van der Waals surface area contributed by atoms with Crippen LogP contribution in [-0.2, 0) is 9.53 Å². The Kier molecular flexibility index (Phi) is 2.84. The minimum Gasteiger partial charge on any atom is -0.473 e. The maximum Gasteiger partial charge on any atom is 0.251 e. The van der Waals surface area contributed by atoms with Crippen LogP contribution in [-0.4, -0.2) is 36.3 Å². The van der Waals surface area contributed by atoms with Crippen molar-refractivity contribution in [2.45, 2.75) is 25.0 Å². The minimum atomic E-state index is -0.386. The van der Waals surface area contributed by atoms with Gasteiger partial charge in [0.1, 0.15) is 0 Å². The summed E-state index contributed by atoms with van der Waals surface area (Å²) in [5.74, 6) is 0.104. The standard InChI is InChI=1S/C12H14N2O2S/c15-12(14-4-1-2-5-14)10-11(16-8-13-10)9-3-6-17-7-9/h3,6-8,10-11H,1-2,4-5H2/t10-,11?/m0/s1. The second-order valence-electron chi connectivity index (χ2n) is 4.35. The predicted molar refractivity (Wildman–Crippen MR) is 66.2 cm³/mol. The molecular weight excluding hydrogens is 236 g/mol. The summed E-state index contributed by atoms with van der Waals surface area (Å²) < 4.78 is 5.46. The van der Waals surface area contributed by atoms with Crippen molar-refractivity contribution >= 4 is 23.6 Å². The van der Waals surface area contributed by atoms with Gasteiger partial charge in [-0.05, 0) is 29.7 Å². The zero-order valence-corrected chi connectivity index (χ0v) is 10.2. The van der Waals surface area contributed by atoms with E-state index in [2.05, 4.69) is 4.99 Å². The number of aliphatic imine (C=N–C) groups is 1. The molecule has 1 fully saturated rings. The van der Waals surface area contributed by atoms with E-state index < -0.39 is 0 Å². The third-order valence-corrected chi connectivity index (χ3v) is 3.96. The summed E-state index contributed by atoms with van der Waals surface area (Å²) in [5, 5.41) is 4.01. The average molecular weight is 250 g/mol. The Balaban J connectivity index is 1.77. The lowest BCUT2D eigenvalue weighted by Crippen LogP contribution is -2.38. The summed E-state index contributed by atoms with van der Waals surface area (Å²) in [5.41, 5.74) is 1.05. The van der Waals surface area contributed by atoms with Crippen molar-refractivity contribution in [3.05, 3.63) is 22.4 Å². The topological polar surface area (TPSA) is 41.9 Å². The second-order valence-corrected chi connectivity index (χ2v) is 5.13. The molecular formula is C12H14N2O2S. The number of hydrogen-bond acceptors (Lipinski definition) is 4. The molecule has 0 radical (unpaired) electrons. The molecule has 0 saturated carbocycles. The molecule has 1 saturated heterocycles. The van der Waals surface area contributed by atoms with E-state index in [1.165, 1.54) is 6.40 Å². The lowest BCUT2D eigenvalue weighted by Gasteiger charge is -2.21. The number of amides is 1. The molecule has 1 amide bonds. The van der Waals surface area contributed by atoms with Crippen molar-refractivity contribution in [1.82, 2.24) is 4.90 Å². The van der Waals surface area contributed by atoms with Crippen LogP contribution in [0.3, 0.4) is 0 Å². The average Bonchev–Trinajstić information content (AvgIpc) is 3.09. The quantitative estimate of drug-likeness (QED) is 0.803. The maximum absolute atomic E-state index is 12.3. The molecule has 0 N–H and O–H groups in total. The molecule has 1 unspecified atom stereocenters. The van der Waals surface area contributed by atoms with Gasteiger partial charge < -0.3 is 9.64 Å². The molecule has 2 aliphatic rings. The first-order valence-corrected chi connectivity index (χ1v) is 6.78. The molecule has 0 aliphatic carbocycles.